The Kier molecular flexibility index (Phi) is 6.47. The van der Waals surface area contributed by atoms with Crippen molar-refractivity contribution in [3.63, 3.8) is 0 Å². The van der Waals surface area contributed by atoms with Crippen molar-refractivity contribution in [1.82, 2.24) is 33.5 Å². The Balaban J connectivity index is 1.12. The first-order valence-corrected chi connectivity index (χ1v) is 18.6. The maximum absolute atomic E-state index is 6.54. The Morgan fingerprint density at radius 3 is 1.77 bits per heavy atom. The van der Waals surface area contributed by atoms with E-state index in [1.807, 2.05) is 78.9 Å². The average molecular weight is 720 g/mol. The van der Waals surface area contributed by atoms with Gasteiger partial charge in [-0.25, -0.2) is 15.0 Å². The van der Waals surface area contributed by atoms with Gasteiger partial charge < -0.3 is 4.42 Å². The number of para-hydroxylation sites is 4. The Bertz CT molecular complexity index is 3410. The maximum atomic E-state index is 6.54. The minimum atomic E-state index is 0.578. The molecule has 0 aliphatic heterocycles. The normalized spacial score (nSPS) is 11.9. The van der Waals surface area contributed by atoms with E-state index >= 15 is 0 Å². The molecule has 0 aliphatic carbocycles. The van der Waals surface area contributed by atoms with Gasteiger partial charge in [0.25, 0.3) is 0 Å². The van der Waals surface area contributed by atoms with Crippen molar-refractivity contribution < 1.29 is 4.42 Å². The summed E-state index contributed by atoms with van der Waals surface area (Å²) in [5.41, 5.74) is 11.5. The van der Waals surface area contributed by atoms with Crippen LogP contribution in [-0.4, -0.2) is 33.5 Å². The van der Waals surface area contributed by atoms with E-state index in [9.17, 15) is 0 Å². The molecular formula is C48H29N7O. The molecule has 8 nitrogen and oxygen atoms in total. The van der Waals surface area contributed by atoms with Crippen molar-refractivity contribution in [2.24, 2.45) is 0 Å². The standard InChI is InChI=1S/C48H29N7O/c1-4-15-30(16-5-1)44-49-45(31-17-6-2-7-18-31)51-46(50-44)35-22-14-26-41-42(35)36-29-33(27-28-40(36)56-41)54-38-24-12-13-25-39(38)55-43-34-21-10-11-23-37(34)53(47(43)52-48(54)55)32-19-8-3-9-20-32/h1-29H. The molecule has 12 rings (SSSR count). The number of furan rings is 1. The van der Waals surface area contributed by atoms with Crippen molar-refractivity contribution >= 4 is 60.8 Å². The Hall–Kier alpha value is -7.84. The van der Waals surface area contributed by atoms with Crippen LogP contribution in [0.3, 0.4) is 0 Å². The summed E-state index contributed by atoms with van der Waals surface area (Å²) in [6.07, 6.45) is 0. The number of benzene rings is 7. The lowest BCUT2D eigenvalue weighted by molar-refractivity contribution is 0.669. The molecule has 0 saturated heterocycles. The van der Waals surface area contributed by atoms with Crippen LogP contribution in [0.1, 0.15) is 0 Å². The van der Waals surface area contributed by atoms with Gasteiger partial charge >= 0.3 is 0 Å². The third-order valence-electron chi connectivity index (χ3n) is 10.7. The Morgan fingerprint density at radius 1 is 0.411 bits per heavy atom. The van der Waals surface area contributed by atoms with Crippen molar-refractivity contribution in [2.45, 2.75) is 0 Å². The summed E-state index contributed by atoms with van der Waals surface area (Å²) in [5, 5.41) is 3.04. The Labute approximate surface area is 319 Å². The van der Waals surface area contributed by atoms with E-state index < -0.39 is 0 Å². The van der Waals surface area contributed by atoms with Crippen LogP contribution >= 0.6 is 0 Å². The first kappa shape index (κ1) is 30.6. The average Bonchev–Trinajstić information content (AvgIpc) is 4.00. The summed E-state index contributed by atoms with van der Waals surface area (Å²) in [6.45, 7) is 0. The SMILES string of the molecule is c1ccc(-c2nc(-c3ccccc3)nc(-c3cccc4oc5ccc(-n6c7ccccc7n7c8c9ccccc9n(-c9ccccc9)c8nc67)cc5c34)n2)cc1. The van der Waals surface area contributed by atoms with E-state index in [0.717, 1.165) is 88.9 Å². The molecule has 0 bridgehead atoms. The number of imidazole rings is 2. The number of hydrogen-bond acceptors (Lipinski definition) is 5. The minimum absolute atomic E-state index is 0.578. The zero-order valence-corrected chi connectivity index (χ0v) is 29.8. The molecule has 8 heteroatoms. The second-order valence-electron chi connectivity index (χ2n) is 13.9. The Morgan fingerprint density at radius 2 is 1.04 bits per heavy atom. The van der Waals surface area contributed by atoms with Crippen LogP contribution in [0.2, 0.25) is 0 Å². The zero-order valence-electron chi connectivity index (χ0n) is 29.8. The molecular weight excluding hydrogens is 691 g/mol. The van der Waals surface area contributed by atoms with Gasteiger partial charge in [-0.2, -0.15) is 4.98 Å². The van der Waals surface area contributed by atoms with Crippen LogP contribution in [0.5, 0.6) is 0 Å². The van der Waals surface area contributed by atoms with Crippen LogP contribution in [0.15, 0.2) is 180 Å². The summed E-state index contributed by atoms with van der Waals surface area (Å²) >= 11 is 0. The molecule has 0 radical (unpaired) electrons. The molecule has 7 aromatic carbocycles. The second-order valence-corrected chi connectivity index (χ2v) is 13.9. The van der Waals surface area contributed by atoms with Gasteiger partial charge in [0.15, 0.2) is 23.1 Å². The molecule has 56 heavy (non-hydrogen) atoms. The molecule has 0 atom stereocenters. The fraction of sp³-hybridized carbons (Fsp3) is 0. The lowest BCUT2D eigenvalue weighted by atomic mass is 10.0. The van der Waals surface area contributed by atoms with Gasteiger partial charge in [-0.05, 0) is 54.6 Å². The zero-order chi connectivity index (χ0) is 36.7. The van der Waals surface area contributed by atoms with Crippen molar-refractivity contribution in [3.8, 4) is 45.5 Å². The highest BCUT2D eigenvalue weighted by molar-refractivity contribution is 6.13. The van der Waals surface area contributed by atoms with Crippen LogP contribution in [0.4, 0.5) is 0 Å². The number of fused-ring (bicyclic) bond motifs is 10. The summed E-state index contributed by atoms with van der Waals surface area (Å²) in [7, 11) is 0. The van der Waals surface area contributed by atoms with Gasteiger partial charge in [-0.1, -0.05) is 121 Å². The highest BCUT2D eigenvalue weighted by atomic mass is 16.3. The molecule has 0 unspecified atom stereocenters. The highest BCUT2D eigenvalue weighted by Crippen LogP contribution is 2.40. The molecule has 0 aliphatic rings. The molecule has 0 spiro atoms. The fourth-order valence-electron chi connectivity index (χ4n) is 8.27. The molecule has 0 amide bonds. The fourth-order valence-corrected chi connectivity index (χ4v) is 8.27. The van der Waals surface area contributed by atoms with Crippen molar-refractivity contribution in [2.75, 3.05) is 0 Å². The number of hydrogen-bond donors (Lipinski definition) is 0. The molecule has 5 heterocycles. The topological polar surface area (TPSA) is 79.0 Å². The summed E-state index contributed by atoms with van der Waals surface area (Å²) in [4.78, 5) is 20.5. The van der Waals surface area contributed by atoms with Gasteiger partial charge in [0.05, 0.1) is 22.2 Å². The number of rotatable bonds is 5. The van der Waals surface area contributed by atoms with E-state index in [1.165, 1.54) is 0 Å². The van der Waals surface area contributed by atoms with Gasteiger partial charge in [0.2, 0.25) is 5.78 Å². The van der Waals surface area contributed by atoms with E-state index in [0.29, 0.717) is 17.5 Å². The van der Waals surface area contributed by atoms with Gasteiger partial charge in [-0.3, -0.25) is 13.5 Å². The molecule has 5 aromatic heterocycles. The van der Waals surface area contributed by atoms with Crippen molar-refractivity contribution in [3.05, 3.63) is 176 Å². The van der Waals surface area contributed by atoms with Crippen molar-refractivity contribution in [1.29, 1.82) is 0 Å². The largest absolute Gasteiger partial charge is 0.456 e. The second kappa shape index (κ2) is 11.8. The predicted molar refractivity (Wildman–Crippen MR) is 223 cm³/mol. The number of aromatic nitrogens is 7. The van der Waals surface area contributed by atoms with E-state index in [2.05, 4.69) is 111 Å². The minimum Gasteiger partial charge on any atom is -0.456 e. The molecule has 262 valence electrons. The summed E-state index contributed by atoms with van der Waals surface area (Å²) in [5.74, 6) is 2.63. The predicted octanol–water partition coefficient (Wildman–Crippen LogP) is 11.5. The third-order valence-corrected chi connectivity index (χ3v) is 10.7. The van der Waals surface area contributed by atoms with E-state index in [-0.39, 0.29) is 0 Å². The third kappa shape index (κ3) is 4.47. The van der Waals surface area contributed by atoms with Gasteiger partial charge in [0.1, 0.15) is 16.7 Å². The lowest BCUT2D eigenvalue weighted by Crippen LogP contribution is -2.00. The molecule has 0 N–H and O–H groups in total. The van der Waals surface area contributed by atoms with Crippen LogP contribution in [-0.2, 0) is 0 Å². The molecule has 12 aromatic rings. The smallest absolute Gasteiger partial charge is 0.222 e. The van der Waals surface area contributed by atoms with Crippen LogP contribution in [0, 0.1) is 0 Å². The van der Waals surface area contributed by atoms with E-state index in [4.69, 9.17) is 24.4 Å². The quantitative estimate of drug-likeness (QED) is 0.177. The van der Waals surface area contributed by atoms with Crippen LogP contribution in [0.25, 0.3) is 106 Å². The van der Waals surface area contributed by atoms with E-state index in [1.54, 1.807) is 0 Å². The first-order valence-electron chi connectivity index (χ1n) is 18.6. The van der Waals surface area contributed by atoms with Gasteiger partial charge in [-0.15, -0.1) is 0 Å². The number of nitrogens with zero attached hydrogens (tertiary/aromatic N) is 7. The molecule has 0 fully saturated rings. The van der Waals surface area contributed by atoms with Gasteiger partial charge in [0, 0.05) is 38.5 Å². The molecule has 0 saturated carbocycles. The maximum Gasteiger partial charge on any atom is 0.222 e. The monoisotopic (exact) mass is 719 g/mol. The van der Waals surface area contributed by atoms with Crippen LogP contribution < -0.4 is 0 Å². The first-order chi connectivity index (χ1) is 27.8. The highest BCUT2D eigenvalue weighted by Gasteiger charge is 2.24. The lowest BCUT2D eigenvalue weighted by Gasteiger charge is -2.09. The summed E-state index contributed by atoms with van der Waals surface area (Å²) < 4.78 is 13.4. The summed E-state index contributed by atoms with van der Waals surface area (Å²) in [6, 6.07) is 60.1.